The fraction of sp³-hybridized carbons (Fsp3) is 0.833. The molecule has 25 heavy (non-hydrogen) atoms. The lowest BCUT2D eigenvalue weighted by Gasteiger charge is -2.44. The zero-order chi connectivity index (χ0) is 19.0. The largest absolute Gasteiger partial charge is 0.479 e. The van der Waals surface area contributed by atoms with Gasteiger partial charge < -0.3 is 55.1 Å². The molecule has 2 heterocycles. The number of hydrogen-bond donors (Lipinski definition) is 8. The molecule has 10 atom stereocenters. The highest BCUT2D eigenvalue weighted by Gasteiger charge is 2.53. The highest BCUT2D eigenvalue weighted by Crippen LogP contribution is 2.28. The van der Waals surface area contributed by atoms with Gasteiger partial charge in [0.2, 0.25) is 0 Å². The lowest BCUT2D eigenvalue weighted by atomic mass is 9.96. The molecule has 8 N–H and O–H groups in total. The molecule has 2 fully saturated rings. The van der Waals surface area contributed by atoms with E-state index in [1.54, 1.807) is 0 Å². The summed E-state index contributed by atoms with van der Waals surface area (Å²) in [4.78, 5) is 22.2. The van der Waals surface area contributed by atoms with Crippen LogP contribution in [0.25, 0.3) is 0 Å². The number of carboxylic acids is 2. The topological polar surface area (TPSA) is 224 Å². The van der Waals surface area contributed by atoms with Gasteiger partial charge in [-0.2, -0.15) is 0 Å². The summed E-state index contributed by atoms with van der Waals surface area (Å²) in [5.41, 5.74) is 0. The van der Waals surface area contributed by atoms with Crippen molar-refractivity contribution in [2.45, 2.75) is 61.4 Å². The number of hydrogen-bond acceptors (Lipinski definition) is 11. The molecule has 0 amide bonds. The molecule has 2 aliphatic heterocycles. The van der Waals surface area contributed by atoms with Crippen molar-refractivity contribution in [3.63, 3.8) is 0 Å². The number of ether oxygens (including phenoxy) is 3. The molecule has 2 rings (SSSR count). The molecule has 1 unspecified atom stereocenters. The van der Waals surface area contributed by atoms with Crippen molar-refractivity contribution in [3.8, 4) is 0 Å². The lowest BCUT2D eigenvalue weighted by molar-refractivity contribution is -0.346. The van der Waals surface area contributed by atoms with Crippen LogP contribution in [0.15, 0.2) is 0 Å². The molecular weight excluding hydrogens is 352 g/mol. The molecule has 13 nitrogen and oxygen atoms in total. The van der Waals surface area contributed by atoms with Crippen LogP contribution in [0.5, 0.6) is 0 Å². The summed E-state index contributed by atoms with van der Waals surface area (Å²) in [5, 5.41) is 75.9. The SMILES string of the molecule is O=C(O)[C@H]1O[C@H](O[C@@H]2[C@H](O)[C@@H](O)C(O)O[C@@H]2C(=O)O)[C@H](O)[C@@H](O)[C@H]1O. The Hall–Kier alpha value is -1.42. The van der Waals surface area contributed by atoms with Crippen molar-refractivity contribution in [2.24, 2.45) is 0 Å². The van der Waals surface area contributed by atoms with E-state index in [9.17, 15) is 40.2 Å². The van der Waals surface area contributed by atoms with Gasteiger partial charge in [-0.25, -0.2) is 9.59 Å². The standard InChI is InChI=1S/C12H18O13/c13-1-2(14)7(9(18)19)25-12(5(1)17)24-6-3(15)4(16)11(22)23-8(6)10(20)21/h1-8,11-17,22H,(H,18,19)(H,20,21)/t1-,2+,3+,4+,5+,6+,7-,8-,11?,12-/m0/s1. The van der Waals surface area contributed by atoms with E-state index in [2.05, 4.69) is 4.74 Å². The van der Waals surface area contributed by atoms with Crippen LogP contribution in [-0.2, 0) is 23.8 Å². The summed E-state index contributed by atoms with van der Waals surface area (Å²) >= 11 is 0. The summed E-state index contributed by atoms with van der Waals surface area (Å²) in [6.07, 6.45) is -19.9. The number of rotatable bonds is 4. The zero-order valence-corrected chi connectivity index (χ0v) is 12.4. The summed E-state index contributed by atoms with van der Waals surface area (Å²) in [7, 11) is 0. The maximum atomic E-state index is 11.2. The van der Waals surface area contributed by atoms with Crippen molar-refractivity contribution in [1.29, 1.82) is 0 Å². The Bertz CT molecular complexity index is 511. The molecule has 2 aliphatic rings. The van der Waals surface area contributed by atoms with E-state index in [1.165, 1.54) is 0 Å². The van der Waals surface area contributed by atoms with Crippen LogP contribution in [-0.4, -0.2) is 114 Å². The molecule has 0 radical (unpaired) electrons. The second kappa shape index (κ2) is 7.45. The van der Waals surface area contributed by atoms with Gasteiger partial charge >= 0.3 is 11.9 Å². The van der Waals surface area contributed by atoms with Crippen LogP contribution >= 0.6 is 0 Å². The smallest absolute Gasteiger partial charge is 0.335 e. The van der Waals surface area contributed by atoms with Crippen LogP contribution in [0, 0.1) is 0 Å². The normalized spacial score (nSPS) is 48.1. The lowest BCUT2D eigenvalue weighted by Crippen LogP contribution is -2.65. The number of aliphatic hydroxyl groups is 6. The van der Waals surface area contributed by atoms with Gasteiger partial charge in [-0.05, 0) is 0 Å². The monoisotopic (exact) mass is 370 g/mol. The first-order valence-electron chi connectivity index (χ1n) is 7.06. The van der Waals surface area contributed by atoms with E-state index in [4.69, 9.17) is 19.7 Å². The van der Waals surface area contributed by atoms with Crippen LogP contribution in [0.4, 0.5) is 0 Å². The number of carbonyl (C=O) groups is 2. The van der Waals surface area contributed by atoms with Gasteiger partial charge in [0.05, 0.1) is 0 Å². The molecule has 0 saturated carbocycles. The Labute approximate surface area is 139 Å². The highest BCUT2D eigenvalue weighted by molar-refractivity contribution is 5.74. The minimum atomic E-state index is -2.03. The van der Waals surface area contributed by atoms with E-state index in [0.717, 1.165) is 0 Å². The summed E-state index contributed by atoms with van der Waals surface area (Å²) in [6, 6.07) is 0. The van der Waals surface area contributed by atoms with Crippen molar-refractivity contribution >= 4 is 11.9 Å². The molecular formula is C12H18O13. The first-order chi connectivity index (χ1) is 11.6. The summed E-state index contributed by atoms with van der Waals surface area (Å²) < 4.78 is 14.4. The molecule has 0 bridgehead atoms. The maximum absolute atomic E-state index is 11.2. The van der Waals surface area contributed by atoms with E-state index < -0.39 is 73.4 Å². The first kappa shape index (κ1) is 19.9. The third-order valence-corrected chi connectivity index (χ3v) is 3.91. The third kappa shape index (κ3) is 3.74. The fourth-order valence-electron chi connectivity index (χ4n) is 2.52. The Balaban J connectivity index is 2.22. The second-order valence-electron chi connectivity index (χ2n) is 5.60. The Kier molecular flexibility index (Phi) is 5.93. The molecule has 2 saturated heterocycles. The molecule has 0 aromatic carbocycles. The van der Waals surface area contributed by atoms with Crippen molar-refractivity contribution in [2.75, 3.05) is 0 Å². The molecule has 0 spiro atoms. The zero-order valence-electron chi connectivity index (χ0n) is 12.4. The van der Waals surface area contributed by atoms with Crippen LogP contribution in [0.2, 0.25) is 0 Å². The van der Waals surface area contributed by atoms with Crippen molar-refractivity contribution < 1.29 is 64.7 Å². The van der Waals surface area contributed by atoms with E-state index in [-0.39, 0.29) is 0 Å². The average molecular weight is 370 g/mol. The Morgan fingerprint density at radius 3 is 1.76 bits per heavy atom. The Morgan fingerprint density at radius 2 is 1.24 bits per heavy atom. The fourth-order valence-corrected chi connectivity index (χ4v) is 2.52. The molecule has 0 aromatic heterocycles. The minimum absolute atomic E-state index is 1.70. The van der Waals surface area contributed by atoms with E-state index in [1.807, 2.05) is 0 Å². The van der Waals surface area contributed by atoms with Gasteiger partial charge in [0.15, 0.2) is 24.8 Å². The van der Waals surface area contributed by atoms with E-state index >= 15 is 0 Å². The summed E-state index contributed by atoms with van der Waals surface area (Å²) in [6.45, 7) is 0. The van der Waals surface area contributed by atoms with E-state index in [0.29, 0.717) is 0 Å². The molecule has 13 heteroatoms. The quantitative estimate of drug-likeness (QED) is 0.232. The number of carboxylic acid groups (broad SMARTS) is 2. The predicted octanol–water partition coefficient (Wildman–Crippen LogP) is -5.21. The molecule has 0 aliphatic carbocycles. The van der Waals surface area contributed by atoms with Gasteiger partial charge in [0, 0.05) is 0 Å². The van der Waals surface area contributed by atoms with Crippen molar-refractivity contribution in [1.82, 2.24) is 0 Å². The highest BCUT2D eigenvalue weighted by atomic mass is 16.7. The maximum Gasteiger partial charge on any atom is 0.335 e. The van der Waals surface area contributed by atoms with Gasteiger partial charge in [-0.15, -0.1) is 0 Å². The Morgan fingerprint density at radius 1 is 0.680 bits per heavy atom. The first-order valence-corrected chi connectivity index (χ1v) is 7.06. The number of aliphatic carboxylic acids is 2. The average Bonchev–Trinajstić information content (AvgIpc) is 2.54. The van der Waals surface area contributed by atoms with Gasteiger partial charge in [0.25, 0.3) is 0 Å². The summed E-state index contributed by atoms with van der Waals surface area (Å²) in [5.74, 6) is -3.39. The minimum Gasteiger partial charge on any atom is -0.479 e. The second-order valence-corrected chi connectivity index (χ2v) is 5.60. The number of aliphatic hydroxyl groups excluding tert-OH is 6. The van der Waals surface area contributed by atoms with Gasteiger partial charge in [-0.3, -0.25) is 0 Å². The molecule has 144 valence electrons. The predicted molar refractivity (Wildman–Crippen MR) is 69.7 cm³/mol. The van der Waals surface area contributed by atoms with Gasteiger partial charge in [-0.1, -0.05) is 0 Å². The van der Waals surface area contributed by atoms with Crippen LogP contribution in [0.1, 0.15) is 0 Å². The third-order valence-electron chi connectivity index (χ3n) is 3.91. The van der Waals surface area contributed by atoms with Crippen LogP contribution in [0.3, 0.4) is 0 Å². The van der Waals surface area contributed by atoms with Crippen molar-refractivity contribution in [3.05, 3.63) is 0 Å². The molecule has 0 aromatic rings. The van der Waals surface area contributed by atoms with Gasteiger partial charge in [0.1, 0.15) is 36.6 Å². The van der Waals surface area contributed by atoms with Crippen LogP contribution < -0.4 is 0 Å².